The largest absolute Gasteiger partial charge is 0.508 e. The van der Waals surface area contributed by atoms with Crippen molar-refractivity contribution in [1.29, 1.82) is 5.26 Å². The standard InChI is InChI=1S/C20H19N3O3.ClH/c21-14-16(12-15-6-7-18(24)13-19(15)25)20(26)23-10-8-22(9-11-23)17-4-2-1-3-5-17;/h1-7,12-13,24-25H,8-11H2;1H/b16-12+;. The van der Waals surface area contributed by atoms with Crippen molar-refractivity contribution in [2.75, 3.05) is 31.1 Å². The number of nitrogens with zero attached hydrogens (tertiary/aromatic N) is 3. The normalized spacial score (nSPS) is 14.3. The molecule has 0 aromatic heterocycles. The van der Waals surface area contributed by atoms with Crippen LogP contribution in [-0.4, -0.2) is 47.2 Å². The number of phenolic OH excluding ortho intramolecular Hbond substituents is 2. The molecule has 0 aliphatic carbocycles. The molecule has 1 amide bonds. The Morgan fingerprint density at radius 1 is 1.04 bits per heavy atom. The molecular weight excluding hydrogens is 366 g/mol. The number of hydrogen-bond acceptors (Lipinski definition) is 5. The molecule has 0 radical (unpaired) electrons. The van der Waals surface area contributed by atoms with Gasteiger partial charge in [0, 0.05) is 43.5 Å². The number of piperazine rings is 1. The average Bonchev–Trinajstić information content (AvgIpc) is 2.68. The summed E-state index contributed by atoms with van der Waals surface area (Å²) in [5.74, 6) is -0.617. The molecule has 1 aliphatic rings. The molecule has 3 rings (SSSR count). The summed E-state index contributed by atoms with van der Waals surface area (Å²) < 4.78 is 0. The lowest BCUT2D eigenvalue weighted by Crippen LogP contribution is -2.49. The van der Waals surface area contributed by atoms with Crippen LogP contribution in [0.5, 0.6) is 11.5 Å². The Hall–Kier alpha value is -3.17. The van der Waals surface area contributed by atoms with Crippen LogP contribution in [0.4, 0.5) is 5.69 Å². The van der Waals surface area contributed by atoms with E-state index in [1.54, 1.807) is 4.90 Å². The fraction of sp³-hybridized carbons (Fsp3) is 0.200. The fourth-order valence-electron chi connectivity index (χ4n) is 2.93. The lowest BCUT2D eigenvalue weighted by Gasteiger charge is -2.36. The third-order valence-electron chi connectivity index (χ3n) is 4.35. The average molecular weight is 386 g/mol. The molecular formula is C20H20ClN3O3. The van der Waals surface area contributed by atoms with Crippen molar-refractivity contribution < 1.29 is 15.0 Å². The Morgan fingerprint density at radius 2 is 1.70 bits per heavy atom. The molecule has 0 unspecified atom stereocenters. The highest BCUT2D eigenvalue weighted by atomic mass is 35.5. The topological polar surface area (TPSA) is 87.8 Å². The summed E-state index contributed by atoms with van der Waals surface area (Å²) in [5.41, 5.74) is 1.39. The molecule has 27 heavy (non-hydrogen) atoms. The summed E-state index contributed by atoms with van der Waals surface area (Å²) in [5, 5.41) is 28.5. The minimum absolute atomic E-state index is 0. The molecule has 1 aliphatic heterocycles. The van der Waals surface area contributed by atoms with Crippen molar-refractivity contribution in [2.24, 2.45) is 0 Å². The second kappa shape index (κ2) is 8.97. The molecule has 0 spiro atoms. The molecule has 2 N–H and O–H groups in total. The van der Waals surface area contributed by atoms with E-state index < -0.39 is 0 Å². The third kappa shape index (κ3) is 4.72. The number of phenols is 2. The summed E-state index contributed by atoms with van der Waals surface area (Å²) in [7, 11) is 0. The van der Waals surface area contributed by atoms with Crippen molar-refractivity contribution in [1.82, 2.24) is 4.90 Å². The van der Waals surface area contributed by atoms with Gasteiger partial charge in [-0.1, -0.05) is 18.2 Å². The minimum atomic E-state index is -0.354. The second-order valence-corrected chi connectivity index (χ2v) is 6.03. The first-order chi connectivity index (χ1) is 12.6. The number of halogens is 1. The summed E-state index contributed by atoms with van der Waals surface area (Å²) >= 11 is 0. The van der Waals surface area contributed by atoms with Gasteiger partial charge in [-0.3, -0.25) is 4.79 Å². The zero-order valence-electron chi connectivity index (χ0n) is 14.6. The number of carbonyl (C=O) groups excluding carboxylic acids is 1. The molecule has 2 aromatic carbocycles. The molecule has 1 heterocycles. The van der Waals surface area contributed by atoms with Crippen LogP contribution in [0.1, 0.15) is 5.56 Å². The molecule has 140 valence electrons. The molecule has 1 saturated heterocycles. The first kappa shape index (κ1) is 20.1. The number of rotatable bonds is 3. The molecule has 2 aromatic rings. The summed E-state index contributed by atoms with van der Waals surface area (Å²) in [6.07, 6.45) is 1.35. The van der Waals surface area contributed by atoms with Crippen molar-refractivity contribution in [3.8, 4) is 17.6 Å². The summed E-state index contributed by atoms with van der Waals surface area (Å²) in [6.45, 7) is 2.43. The van der Waals surface area contributed by atoms with E-state index in [-0.39, 0.29) is 35.4 Å². The number of nitriles is 1. The van der Waals surface area contributed by atoms with Crippen LogP contribution in [0.25, 0.3) is 6.08 Å². The number of anilines is 1. The number of amides is 1. The van der Waals surface area contributed by atoms with E-state index >= 15 is 0 Å². The van der Waals surface area contributed by atoms with E-state index in [1.165, 1.54) is 24.3 Å². The van der Waals surface area contributed by atoms with E-state index in [0.717, 1.165) is 5.69 Å². The Balaban J connectivity index is 0.00000261. The highest BCUT2D eigenvalue weighted by Crippen LogP contribution is 2.25. The molecule has 0 saturated carbocycles. The first-order valence-corrected chi connectivity index (χ1v) is 8.31. The molecule has 0 atom stereocenters. The minimum Gasteiger partial charge on any atom is -0.508 e. The molecule has 1 fully saturated rings. The van der Waals surface area contributed by atoms with Crippen molar-refractivity contribution >= 4 is 30.1 Å². The maximum atomic E-state index is 12.6. The lowest BCUT2D eigenvalue weighted by atomic mass is 10.1. The second-order valence-electron chi connectivity index (χ2n) is 6.03. The van der Waals surface area contributed by atoms with Gasteiger partial charge in [-0.15, -0.1) is 12.4 Å². The smallest absolute Gasteiger partial charge is 0.264 e. The first-order valence-electron chi connectivity index (χ1n) is 8.31. The van der Waals surface area contributed by atoms with Crippen LogP contribution in [-0.2, 0) is 4.79 Å². The summed E-state index contributed by atoms with van der Waals surface area (Å²) in [6, 6.07) is 15.9. The van der Waals surface area contributed by atoms with Crippen molar-refractivity contribution in [3.05, 3.63) is 59.7 Å². The Kier molecular flexibility index (Phi) is 6.69. The maximum Gasteiger partial charge on any atom is 0.264 e. The maximum absolute atomic E-state index is 12.6. The molecule has 0 bridgehead atoms. The third-order valence-corrected chi connectivity index (χ3v) is 4.35. The number of benzene rings is 2. The zero-order valence-corrected chi connectivity index (χ0v) is 15.4. The van der Waals surface area contributed by atoms with Gasteiger partial charge in [0.05, 0.1) is 0 Å². The van der Waals surface area contributed by atoms with Gasteiger partial charge in [0.15, 0.2) is 0 Å². The van der Waals surface area contributed by atoms with E-state index in [9.17, 15) is 20.3 Å². The Bertz CT molecular complexity index is 870. The zero-order chi connectivity index (χ0) is 18.5. The van der Waals surface area contributed by atoms with E-state index in [4.69, 9.17) is 0 Å². The van der Waals surface area contributed by atoms with Crippen LogP contribution in [0.15, 0.2) is 54.1 Å². The monoisotopic (exact) mass is 385 g/mol. The van der Waals surface area contributed by atoms with Crippen molar-refractivity contribution in [3.63, 3.8) is 0 Å². The van der Waals surface area contributed by atoms with E-state index in [2.05, 4.69) is 4.90 Å². The lowest BCUT2D eigenvalue weighted by molar-refractivity contribution is -0.126. The quantitative estimate of drug-likeness (QED) is 0.626. The highest BCUT2D eigenvalue weighted by molar-refractivity contribution is 6.02. The molecule has 6 nitrogen and oxygen atoms in total. The van der Waals surface area contributed by atoms with Crippen molar-refractivity contribution in [2.45, 2.75) is 0 Å². The van der Waals surface area contributed by atoms with Gasteiger partial charge in [-0.25, -0.2) is 0 Å². The van der Waals surface area contributed by atoms with Crippen LogP contribution in [0.2, 0.25) is 0 Å². The molecule has 7 heteroatoms. The fourth-order valence-corrected chi connectivity index (χ4v) is 2.93. The van der Waals surface area contributed by atoms with Crippen LogP contribution < -0.4 is 4.90 Å². The van der Waals surface area contributed by atoms with Gasteiger partial charge in [0.25, 0.3) is 5.91 Å². The number of carbonyl (C=O) groups is 1. The highest BCUT2D eigenvalue weighted by Gasteiger charge is 2.24. The van der Waals surface area contributed by atoms with Gasteiger partial charge in [-0.2, -0.15) is 5.26 Å². The number of para-hydroxylation sites is 1. The Morgan fingerprint density at radius 3 is 2.30 bits per heavy atom. The Labute approximate surface area is 164 Å². The van der Waals surface area contributed by atoms with Crippen LogP contribution in [0, 0.1) is 11.3 Å². The van der Waals surface area contributed by atoms with Gasteiger partial charge < -0.3 is 20.0 Å². The van der Waals surface area contributed by atoms with E-state index in [1.807, 2.05) is 36.4 Å². The predicted octanol–water partition coefficient (Wildman–Crippen LogP) is 2.78. The van der Waals surface area contributed by atoms with Crippen LogP contribution >= 0.6 is 12.4 Å². The predicted molar refractivity (Wildman–Crippen MR) is 106 cm³/mol. The number of aromatic hydroxyl groups is 2. The number of hydrogen-bond donors (Lipinski definition) is 2. The van der Waals surface area contributed by atoms with Crippen LogP contribution in [0.3, 0.4) is 0 Å². The summed E-state index contributed by atoms with van der Waals surface area (Å²) in [4.78, 5) is 16.5. The van der Waals surface area contributed by atoms with Gasteiger partial charge >= 0.3 is 0 Å². The SMILES string of the molecule is Cl.N#C/C(=C\c1ccc(O)cc1O)C(=O)N1CCN(c2ccccc2)CC1. The van der Waals surface area contributed by atoms with Gasteiger partial charge in [0.2, 0.25) is 0 Å². The van der Waals surface area contributed by atoms with Gasteiger partial charge in [-0.05, 0) is 30.3 Å². The van der Waals surface area contributed by atoms with E-state index in [0.29, 0.717) is 31.7 Å². The van der Waals surface area contributed by atoms with Gasteiger partial charge in [0.1, 0.15) is 23.1 Å².